The molecule has 0 spiro atoms. The topological polar surface area (TPSA) is 56.8 Å². The summed E-state index contributed by atoms with van der Waals surface area (Å²) in [4.78, 5) is 0. The minimum Gasteiger partial charge on any atom is -0.378 e. The van der Waals surface area contributed by atoms with E-state index in [-0.39, 0.29) is 0 Å². The highest BCUT2D eigenvalue weighted by molar-refractivity contribution is 5.33. The highest BCUT2D eigenvalue weighted by Crippen LogP contribution is 2.36. The molecule has 2 saturated carbocycles. The van der Waals surface area contributed by atoms with E-state index in [4.69, 9.17) is 15.3 Å². The average Bonchev–Trinajstić information content (AvgIpc) is 2.76. The lowest BCUT2D eigenvalue weighted by Gasteiger charge is -2.32. The van der Waals surface area contributed by atoms with Crippen molar-refractivity contribution in [1.82, 2.24) is 0 Å². The zero-order valence-electron chi connectivity index (χ0n) is 16.9. The Morgan fingerprint density at radius 1 is 0.893 bits per heavy atom. The minimum absolute atomic E-state index is 0.434. The normalized spacial score (nSPS) is 27.9. The van der Waals surface area contributed by atoms with Crippen molar-refractivity contribution < 1.29 is 4.74 Å². The maximum Gasteiger partial charge on any atom is 0.0991 e. The van der Waals surface area contributed by atoms with Crippen LogP contribution in [-0.2, 0) is 4.74 Å². The Labute approximate surface area is 170 Å². The third-order valence-corrected chi connectivity index (χ3v) is 6.65. The van der Waals surface area contributed by atoms with E-state index in [1.807, 2.05) is 18.2 Å². The van der Waals surface area contributed by atoms with Crippen LogP contribution in [0.25, 0.3) is 0 Å². The fraction of sp³-hybridized carbons (Fsp3) is 0.600. The second-order valence-electron chi connectivity index (χ2n) is 8.54. The number of rotatable bonds is 7. The zero-order valence-corrected chi connectivity index (χ0v) is 16.9. The molecule has 0 heterocycles. The van der Waals surface area contributed by atoms with Crippen molar-refractivity contribution >= 4 is 0 Å². The number of nitrogens with zero attached hydrogens (tertiary/aromatic N) is 2. The van der Waals surface area contributed by atoms with Crippen LogP contribution in [0.3, 0.4) is 0 Å². The molecule has 3 nitrogen and oxygen atoms in total. The molecule has 0 aromatic heterocycles. The number of nitriles is 2. The van der Waals surface area contributed by atoms with E-state index in [1.165, 1.54) is 50.5 Å². The van der Waals surface area contributed by atoms with Crippen molar-refractivity contribution in [3.05, 3.63) is 47.5 Å². The molecular formula is C25H32N2O. The Hall–Kier alpha value is -2.10. The van der Waals surface area contributed by atoms with Crippen LogP contribution in [0.5, 0.6) is 0 Å². The SMILES string of the molecule is N#C/C=C/CCC1CCC(COC2CCC(c3ccc(C#N)cc3)CC2)CC1. The van der Waals surface area contributed by atoms with Crippen LogP contribution in [0.2, 0.25) is 0 Å². The molecule has 0 amide bonds. The predicted molar refractivity (Wildman–Crippen MR) is 112 cm³/mol. The summed E-state index contributed by atoms with van der Waals surface area (Å²) in [5.41, 5.74) is 2.12. The van der Waals surface area contributed by atoms with Gasteiger partial charge >= 0.3 is 0 Å². The molecule has 0 N–H and O–H groups in total. The lowest BCUT2D eigenvalue weighted by Crippen LogP contribution is -2.25. The fourth-order valence-corrected chi connectivity index (χ4v) is 4.82. The summed E-state index contributed by atoms with van der Waals surface area (Å²) in [7, 11) is 0. The van der Waals surface area contributed by atoms with Gasteiger partial charge in [-0.05, 0) is 86.8 Å². The van der Waals surface area contributed by atoms with Crippen LogP contribution in [0.4, 0.5) is 0 Å². The highest BCUT2D eigenvalue weighted by Gasteiger charge is 2.25. The van der Waals surface area contributed by atoms with Gasteiger partial charge in [0, 0.05) is 12.7 Å². The molecule has 0 atom stereocenters. The summed E-state index contributed by atoms with van der Waals surface area (Å²) in [5, 5.41) is 17.5. The molecular weight excluding hydrogens is 344 g/mol. The Balaban J connectivity index is 1.31. The Morgan fingerprint density at radius 3 is 2.21 bits per heavy atom. The van der Waals surface area contributed by atoms with Gasteiger partial charge in [-0.1, -0.05) is 31.1 Å². The van der Waals surface area contributed by atoms with Gasteiger partial charge in [0.25, 0.3) is 0 Å². The molecule has 3 heteroatoms. The standard InChI is InChI=1S/C25H32N2O/c26-17-3-1-2-4-20-5-7-22(8-6-20)19-28-25-15-13-24(14-16-25)23-11-9-21(18-27)10-12-23/h1,3,9-12,20,22,24-25H,2,4-8,13-16,19H2/b3-1+. The number of hydrogen-bond donors (Lipinski definition) is 0. The quantitative estimate of drug-likeness (QED) is 0.527. The summed E-state index contributed by atoms with van der Waals surface area (Å²) in [6, 6.07) is 12.4. The molecule has 2 aliphatic rings. The van der Waals surface area contributed by atoms with Crippen LogP contribution in [-0.4, -0.2) is 12.7 Å². The van der Waals surface area contributed by atoms with Crippen molar-refractivity contribution in [3.8, 4) is 12.1 Å². The minimum atomic E-state index is 0.434. The van der Waals surface area contributed by atoms with Crippen molar-refractivity contribution in [1.29, 1.82) is 10.5 Å². The number of hydrogen-bond acceptors (Lipinski definition) is 3. The molecule has 0 aliphatic heterocycles. The van der Waals surface area contributed by atoms with Gasteiger partial charge < -0.3 is 4.74 Å². The molecule has 0 bridgehead atoms. The van der Waals surface area contributed by atoms with Crippen molar-refractivity contribution in [2.24, 2.45) is 11.8 Å². The molecule has 148 valence electrons. The third kappa shape index (κ3) is 6.22. The van der Waals surface area contributed by atoms with E-state index in [1.54, 1.807) is 6.08 Å². The smallest absolute Gasteiger partial charge is 0.0991 e. The van der Waals surface area contributed by atoms with Crippen LogP contribution in [0, 0.1) is 34.5 Å². The van der Waals surface area contributed by atoms with Crippen LogP contribution in [0.1, 0.15) is 81.3 Å². The molecule has 28 heavy (non-hydrogen) atoms. The molecule has 1 aromatic rings. The molecule has 2 fully saturated rings. The molecule has 0 unspecified atom stereocenters. The maximum absolute atomic E-state index is 8.93. The monoisotopic (exact) mass is 376 g/mol. The van der Waals surface area contributed by atoms with Gasteiger partial charge in [0.2, 0.25) is 0 Å². The van der Waals surface area contributed by atoms with E-state index in [0.29, 0.717) is 12.0 Å². The zero-order chi connectivity index (χ0) is 19.6. The van der Waals surface area contributed by atoms with Crippen LogP contribution >= 0.6 is 0 Å². The van der Waals surface area contributed by atoms with Gasteiger partial charge in [-0.2, -0.15) is 10.5 Å². The summed E-state index contributed by atoms with van der Waals surface area (Å²) in [6.07, 6.45) is 16.3. The predicted octanol–water partition coefficient (Wildman–Crippen LogP) is 6.27. The summed E-state index contributed by atoms with van der Waals surface area (Å²) < 4.78 is 6.30. The number of benzene rings is 1. The summed E-state index contributed by atoms with van der Waals surface area (Å²) >= 11 is 0. The summed E-state index contributed by atoms with van der Waals surface area (Å²) in [5.74, 6) is 2.20. The first kappa shape index (κ1) is 20.6. The van der Waals surface area contributed by atoms with Crippen molar-refractivity contribution in [2.75, 3.05) is 6.61 Å². The Kier molecular flexibility index (Phi) is 8.13. The van der Waals surface area contributed by atoms with Gasteiger partial charge in [0.1, 0.15) is 0 Å². The molecule has 3 rings (SSSR count). The fourth-order valence-electron chi connectivity index (χ4n) is 4.82. The van der Waals surface area contributed by atoms with Crippen LogP contribution < -0.4 is 0 Å². The first-order valence-corrected chi connectivity index (χ1v) is 10.9. The first-order chi connectivity index (χ1) is 13.8. The lowest BCUT2D eigenvalue weighted by molar-refractivity contribution is -0.00474. The van der Waals surface area contributed by atoms with E-state index in [9.17, 15) is 0 Å². The largest absolute Gasteiger partial charge is 0.378 e. The second-order valence-corrected chi connectivity index (χ2v) is 8.54. The van der Waals surface area contributed by atoms with Gasteiger partial charge in [-0.25, -0.2) is 0 Å². The van der Waals surface area contributed by atoms with E-state index < -0.39 is 0 Å². The lowest BCUT2D eigenvalue weighted by atomic mass is 9.80. The number of ether oxygens (including phenoxy) is 1. The first-order valence-electron chi connectivity index (χ1n) is 10.9. The van der Waals surface area contributed by atoms with Gasteiger partial charge in [-0.3, -0.25) is 0 Å². The Bertz CT molecular complexity index is 694. The van der Waals surface area contributed by atoms with Crippen molar-refractivity contribution in [2.45, 2.75) is 76.2 Å². The molecule has 2 aliphatic carbocycles. The van der Waals surface area contributed by atoms with E-state index in [0.717, 1.165) is 43.3 Å². The maximum atomic E-state index is 8.93. The second kappa shape index (κ2) is 11.0. The number of allylic oxidation sites excluding steroid dienone is 2. The molecule has 1 aromatic carbocycles. The molecule has 0 radical (unpaired) electrons. The van der Waals surface area contributed by atoms with Gasteiger partial charge in [0.15, 0.2) is 0 Å². The van der Waals surface area contributed by atoms with Crippen molar-refractivity contribution in [3.63, 3.8) is 0 Å². The average molecular weight is 377 g/mol. The molecule has 0 saturated heterocycles. The van der Waals surface area contributed by atoms with E-state index >= 15 is 0 Å². The van der Waals surface area contributed by atoms with Crippen LogP contribution in [0.15, 0.2) is 36.4 Å². The van der Waals surface area contributed by atoms with Gasteiger partial charge in [-0.15, -0.1) is 0 Å². The highest BCUT2D eigenvalue weighted by atomic mass is 16.5. The summed E-state index contributed by atoms with van der Waals surface area (Å²) in [6.45, 7) is 0.938. The van der Waals surface area contributed by atoms with Gasteiger partial charge in [0.05, 0.1) is 23.8 Å². The third-order valence-electron chi connectivity index (χ3n) is 6.65. The van der Waals surface area contributed by atoms with E-state index in [2.05, 4.69) is 24.3 Å². The Morgan fingerprint density at radius 2 is 1.57 bits per heavy atom.